The molecule has 0 spiro atoms. The minimum absolute atomic E-state index is 0.159. The Bertz CT molecular complexity index is 1300. The van der Waals surface area contributed by atoms with Crippen LogP contribution in [0.1, 0.15) is 57.8 Å². The van der Waals surface area contributed by atoms with Crippen molar-refractivity contribution < 1.29 is 23.5 Å². The van der Waals surface area contributed by atoms with E-state index < -0.39 is 23.8 Å². The lowest BCUT2D eigenvalue weighted by Crippen LogP contribution is -2.52. The second-order valence-corrected chi connectivity index (χ2v) is 10.3. The van der Waals surface area contributed by atoms with E-state index in [9.17, 15) is 18.8 Å². The fourth-order valence-electron chi connectivity index (χ4n) is 5.21. The van der Waals surface area contributed by atoms with Crippen molar-refractivity contribution >= 4 is 28.8 Å². The highest BCUT2D eigenvalue weighted by atomic mass is 19.1. The Labute approximate surface area is 233 Å². The Hall–Kier alpha value is -3.79. The fourth-order valence-corrected chi connectivity index (χ4v) is 5.21. The van der Waals surface area contributed by atoms with Gasteiger partial charge in [0.1, 0.15) is 23.2 Å². The van der Waals surface area contributed by atoms with Gasteiger partial charge in [-0.3, -0.25) is 14.4 Å². The van der Waals surface area contributed by atoms with Gasteiger partial charge in [0, 0.05) is 25.7 Å². The molecular weight excluding hydrogens is 513 g/mol. The van der Waals surface area contributed by atoms with Crippen LogP contribution in [0.2, 0.25) is 0 Å². The number of halogens is 1. The maximum absolute atomic E-state index is 14.2. The third kappa shape index (κ3) is 7.04. The van der Waals surface area contributed by atoms with Gasteiger partial charge in [-0.15, -0.1) is 0 Å². The first-order chi connectivity index (χ1) is 19.3. The molecule has 1 aromatic carbocycles. The molecule has 1 aromatic heterocycles. The molecule has 4 rings (SSSR count). The first-order valence-electron chi connectivity index (χ1n) is 13.9. The number of likely N-dealkylation sites (tertiary alicyclic amines) is 1. The number of hydrogen-bond acceptors (Lipinski definition) is 5. The Morgan fingerprint density at radius 3 is 2.73 bits per heavy atom. The number of nitrogens with one attached hydrogen (secondary N) is 3. The number of carbonyl (C=O) groups excluding carboxylic acids is 3. The molecule has 2 aromatic rings. The van der Waals surface area contributed by atoms with E-state index in [0.29, 0.717) is 43.9 Å². The first kappa shape index (κ1) is 29.2. The summed E-state index contributed by atoms with van der Waals surface area (Å²) in [5.74, 6) is -1.36. The third-order valence-corrected chi connectivity index (χ3v) is 7.47. The molecule has 3 atom stereocenters. The molecule has 2 saturated heterocycles. The lowest BCUT2D eigenvalue weighted by molar-refractivity contribution is -0.138. The number of imidazole rings is 1. The maximum atomic E-state index is 14.2. The SMILES string of the molecule is C=C(/C=C\C=C/C)[C@@H]1CCCN1C(=O)C[C@H](NC(=O)C1CCOCC1)C(=O)N[C@@H](C)c1nc2cccc(F)c2[nH]1. The highest BCUT2D eigenvalue weighted by Crippen LogP contribution is 2.25. The Morgan fingerprint density at radius 1 is 1.23 bits per heavy atom. The van der Waals surface area contributed by atoms with Crippen molar-refractivity contribution in [3.63, 3.8) is 0 Å². The number of para-hydroxylation sites is 1. The van der Waals surface area contributed by atoms with Gasteiger partial charge >= 0.3 is 0 Å². The van der Waals surface area contributed by atoms with E-state index in [0.717, 1.165) is 18.4 Å². The molecule has 3 amide bonds. The molecule has 0 aliphatic carbocycles. The molecule has 3 N–H and O–H groups in total. The van der Waals surface area contributed by atoms with Crippen LogP contribution in [0.5, 0.6) is 0 Å². The largest absolute Gasteiger partial charge is 0.381 e. The Kier molecular flexibility index (Phi) is 9.87. The van der Waals surface area contributed by atoms with E-state index >= 15 is 0 Å². The second kappa shape index (κ2) is 13.5. The number of benzene rings is 1. The number of amides is 3. The smallest absolute Gasteiger partial charge is 0.243 e. The Morgan fingerprint density at radius 2 is 2.00 bits per heavy atom. The zero-order chi connectivity index (χ0) is 28.6. The predicted octanol–water partition coefficient (Wildman–Crippen LogP) is 3.86. The molecule has 9 nitrogen and oxygen atoms in total. The molecule has 0 bridgehead atoms. The van der Waals surface area contributed by atoms with Crippen molar-refractivity contribution in [3.05, 3.63) is 66.3 Å². The van der Waals surface area contributed by atoms with Crippen molar-refractivity contribution in [2.75, 3.05) is 19.8 Å². The number of carbonyl (C=O) groups is 3. The molecule has 2 aliphatic rings. The summed E-state index contributed by atoms with van der Waals surface area (Å²) < 4.78 is 19.5. The van der Waals surface area contributed by atoms with Crippen LogP contribution in [-0.2, 0) is 19.1 Å². The van der Waals surface area contributed by atoms with E-state index in [4.69, 9.17) is 4.74 Å². The lowest BCUT2D eigenvalue weighted by atomic mass is 9.98. The highest BCUT2D eigenvalue weighted by molar-refractivity contribution is 5.93. The summed E-state index contributed by atoms with van der Waals surface area (Å²) in [6.07, 6.45) is 10.1. The molecule has 0 saturated carbocycles. The summed E-state index contributed by atoms with van der Waals surface area (Å²) in [4.78, 5) is 49.2. The van der Waals surface area contributed by atoms with Crippen LogP contribution in [-0.4, -0.2) is 64.4 Å². The van der Waals surface area contributed by atoms with E-state index in [2.05, 4.69) is 27.2 Å². The number of ether oxygens (including phenoxy) is 1. The first-order valence-corrected chi connectivity index (χ1v) is 13.9. The van der Waals surface area contributed by atoms with Crippen molar-refractivity contribution in [1.29, 1.82) is 0 Å². The molecule has 40 heavy (non-hydrogen) atoms. The number of nitrogens with zero attached hydrogens (tertiary/aromatic N) is 2. The molecule has 2 fully saturated rings. The molecule has 214 valence electrons. The minimum atomic E-state index is -1.08. The van der Waals surface area contributed by atoms with Crippen LogP contribution in [0, 0.1) is 11.7 Å². The Balaban J connectivity index is 1.49. The third-order valence-electron chi connectivity index (χ3n) is 7.47. The quantitative estimate of drug-likeness (QED) is 0.388. The van der Waals surface area contributed by atoms with Crippen molar-refractivity contribution in [2.24, 2.45) is 5.92 Å². The molecule has 3 heterocycles. The van der Waals surface area contributed by atoms with Crippen molar-refractivity contribution in [2.45, 2.75) is 64.1 Å². The zero-order valence-electron chi connectivity index (χ0n) is 23.1. The van der Waals surface area contributed by atoms with Gasteiger partial charge < -0.3 is 25.3 Å². The number of rotatable bonds is 10. The van der Waals surface area contributed by atoms with E-state index in [-0.39, 0.29) is 35.7 Å². The average Bonchev–Trinajstić information content (AvgIpc) is 3.62. The van der Waals surface area contributed by atoms with Crippen LogP contribution in [0.15, 0.2) is 54.7 Å². The summed E-state index contributed by atoms with van der Waals surface area (Å²) in [5.41, 5.74) is 1.52. The molecule has 0 radical (unpaired) electrons. The van der Waals surface area contributed by atoms with Crippen LogP contribution < -0.4 is 10.6 Å². The topological polar surface area (TPSA) is 116 Å². The number of hydrogen-bond donors (Lipinski definition) is 3. The van der Waals surface area contributed by atoms with Gasteiger partial charge in [0.25, 0.3) is 0 Å². The highest BCUT2D eigenvalue weighted by Gasteiger charge is 2.35. The summed E-state index contributed by atoms with van der Waals surface area (Å²) >= 11 is 0. The van der Waals surface area contributed by atoms with Crippen LogP contribution >= 0.6 is 0 Å². The lowest BCUT2D eigenvalue weighted by Gasteiger charge is -2.29. The number of fused-ring (bicyclic) bond motifs is 1. The van der Waals surface area contributed by atoms with Gasteiger partial charge in [-0.05, 0) is 57.2 Å². The molecule has 2 aliphatic heterocycles. The van der Waals surface area contributed by atoms with Crippen molar-refractivity contribution in [1.82, 2.24) is 25.5 Å². The van der Waals surface area contributed by atoms with E-state index in [1.54, 1.807) is 24.0 Å². The van der Waals surface area contributed by atoms with Gasteiger partial charge in [0.05, 0.1) is 24.0 Å². The van der Waals surface area contributed by atoms with Gasteiger partial charge in [-0.2, -0.15) is 0 Å². The summed E-state index contributed by atoms with van der Waals surface area (Å²) in [5, 5.41) is 5.68. The van der Waals surface area contributed by atoms with Gasteiger partial charge in [-0.1, -0.05) is 36.9 Å². The van der Waals surface area contributed by atoms with Crippen molar-refractivity contribution in [3.8, 4) is 0 Å². The predicted molar refractivity (Wildman–Crippen MR) is 151 cm³/mol. The van der Waals surface area contributed by atoms with E-state index in [1.165, 1.54) is 6.07 Å². The summed E-state index contributed by atoms with van der Waals surface area (Å²) in [6, 6.07) is 2.71. The number of aromatic nitrogens is 2. The standard InChI is InChI=1S/C30H38FN5O4/c1-4-5-6-9-19(2)25-12-8-15-36(25)26(37)18-24(34-29(38)21-13-16-40-17-14-21)30(39)32-20(3)28-33-23-11-7-10-22(31)27(23)35-28/h4-7,9-11,20-21,24-25H,2,8,12-18H2,1,3H3,(H,32,39)(H,33,35)(H,34,38)/b5-4-,9-6-/t20-,24-,25-/m0/s1. The molecular formula is C30H38FN5O4. The van der Waals surface area contributed by atoms with Gasteiger partial charge in [-0.25, -0.2) is 9.37 Å². The number of aromatic amines is 1. The normalized spacial score (nSPS) is 19.8. The number of allylic oxidation sites excluding steroid dienone is 3. The molecule has 10 heteroatoms. The summed E-state index contributed by atoms with van der Waals surface area (Å²) in [6.45, 7) is 9.30. The monoisotopic (exact) mass is 551 g/mol. The summed E-state index contributed by atoms with van der Waals surface area (Å²) in [7, 11) is 0. The van der Waals surface area contributed by atoms with E-state index in [1.807, 2.05) is 31.2 Å². The van der Waals surface area contributed by atoms with Gasteiger partial charge in [0.2, 0.25) is 17.7 Å². The fraction of sp³-hybridized carbons (Fsp3) is 0.467. The maximum Gasteiger partial charge on any atom is 0.243 e. The second-order valence-electron chi connectivity index (χ2n) is 10.3. The van der Waals surface area contributed by atoms with Gasteiger partial charge in [0.15, 0.2) is 0 Å². The number of H-pyrrole nitrogens is 1. The molecule has 0 unspecified atom stereocenters. The van der Waals surface area contributed by atoms with Crippen LogP contribution in [0.25, 0.3) is 11.0 Å². The average molecular weight is 552 g/mol. The van der Waals surface area contributed by atoms with Crippen LogP contribution in [0.4, 0.5) is 4.39 Å². The van der Waals surface area contributed by atoms with Crippen LogP contribution in [0.3, 0.4) is 0 Å². The minimum Gasteiger partial charge on any atom is -0.381 e. The zero-order valence-corrected chi connectivity index (χ0v) is 23.1.